The Morgan fingerprint density at radius 3 is 2.50 bits per heavy atom. The first-order valence-corrected chi connectivity index (χ1v) is 15.8. The third-order valence-corrected chi connectivity index (χ3v) is 9.15. The molecule has 0 radical (unpaired) electrons. The molecular formula is C36H34Cl2N2O6. The summed E-state index contributed by atoms with van der Waals surface area (Å²) in [4.78, 5) is 29.0. The van der Waals surface area contributed by atoms with Gasteiger partial charge in [0.1, 0.15) is 18.1 Å². The molecule has 1 saturated heterocycles. The Morgan fingerprint density at radius 1 is 0.935 bits per heavy atom. The van der Waals surface area contributed by atoms with Gasteiger partial charge in [0.05, 0.1) is 43.9 Å². The average Bonchev–Trinajstić information content (AvgIpc) is 3.34. The van der Waals surface area contributed by atoms with Crippen molar-refractivity contribution in [2.24, 2.45) is 0 Å². The Morgan fingerprint density at radius 2 is 1.74 bits per heavy atom. The number of benzene rings is 4. The van der Waals surface area contributed by atoms with Crippen molar-refractivity contribution in [3.8, 4) is 11.5 Å². The molecule has 4 aromatic carbocycles. The molecule has 10 heteroatoms. The highest BCUT2D eigenvalue weighted by atomic mass is 35.5. The zero-order valence-corrected chi connectivity index (χ0v) is 27.4. The van der Waals surface area contributed by atoms with E-state index in [4.69, 9.17) is 42.1 Å². The Labute approximate surface area is 277 Å². The molecule has 238 valence electrons. The minimum atomic E-state index is -0.365. The molecule has 0 amide bonds. The van der Waals surface area contributed by atoms with E-state index in [1.54, 1.807) is 49.1 Å². The molecule has 0 saturated carbocycles. The monoisotopic (exact) mass is 660 g/mol. The molecule has 1 aliphatic heterocycles. The zero-order valence-electron chi connectivity index (χ0n) is 25.8. The van der Waals surface area contributed by atoms with E-state index in [2.05, 4.69) is 11.0 Å². The van der Waals surface area contributed by atoms with Gasteiger partial charge in [0.15, 0.2) is 0 Å². The summed E-state index contributed by atoms with van der Waals surface area (Å²) in [6.07, 6.45) is -0.0938. The van der Waals surface area contributed by atoms with Crippen molar-refractivity contribution in [2.45, 2.75) is 19.4 Å². The molecule has 0 aliphatic carbocycles. The molecule has 5 aromatic rings. The summed E-state index contributed by atoms with van der Waals surface area (Å²) in [6, 6.07) is 22.2. The second-order valence-corrected chi connectivity index (χ2v) is 12.0. The van der Waals surface area contributed by atoms with Crippen LogP contribution in [-0.2, 0) is 20.7 Å². The van der Waals surface area contributed by atoms with Gasteiger partial charge in [-0.15, -0.1) is 0 Å². The summed E-state index contributed by atoms with van der Waals surface area (Å²) >= 11 is 12.5. The molecule has 1 atom stereocenters. The molecule has 1 fully saturated rings. The van der Waals surface area contributed by atoms with Crippen LogP contribution in [0, 0.1) is 6.92 Å². The molecule has 1 aromatic heterocycles. The van der Waals surface area contributed by atoms with E-state index in [0.29, 0.717) is 58.0 Å². The summed E-state index contributed by atoms with van der Waals surface area (Å²) in [5.41, 5.74) is 3.64. The van der Waals surface area contributed by atoms with Gasteiger partial charge in [-0.05, 0) is 78.0 Å². The maximum atomic E-state index is 13.6. The quantitative estimate of drug-likeness (QED) is 0.154. The van der Waals surface area contributed by atoms with Crippen LogP contribution < -0.4 is 9.47 Å². The SMILES string of the molecule is COc1ccc2c(c1)c(CC(=O)OCCN1CCOC(c3ccc4c(Cl)c(OC)ccc4c3)C1)c(C)n2C(=O)c1ccc(Cl)cc1. The highest BCUT2D eigenvalue weighted by Crippen LogP contribution is 2.35. The number of aromatic nitrogens is 1. The van der Waals surface area contributed by atoms with Crippen LogP contribution in [0.1, 0.15) is 33.3 Å². The highest BCUT2D eigenvalue weighted by molar-refractivity contribution is 6.37. The van der Waals surface area contributed by atoms with Gasteiger partial charge < -0.3 is 18.9 Å². The largest absolute Gasteiger partial charge is 0.497 e. The number of nitrogens with zero attached hydrogens (tertiary/aromatic N) is 2. The van der Waals surface area contributed by atoms with Gasteiger partial charge in [0, 0.05) is 46.7 Å². The third-order valence-electron chi connectivity index (χ3n) is 8.51. The highest BCUT2D eigenvalue weighted by Gasteiger charge is 2.25. The first kappa shape index (κ1) is 31.9. The van der Waals surface area contributed by atoms with Crippen molar-refractivity contribution in [1.29, 1.82) is 0 Å². The minimum Gasteiger partial charge on any atom is -0.497 e. The lowest BCUT2D eigenvalue weighted by atomic mass is 10.0. The second-order valence-electron chi connectivity index (χ2n) is 11.2. The predicted octanol–water partition coefficient (Wildman–Crippen LogP) is 7.27. The van der Waals surface area contributed by atoms with Crippen molar-refractivity contribution < 1.29 is 28.5 Å². The molecule has 46 heavy (non-hydrogen) atoms. The molecule has 0 spiro atoms. The third kappa shape index (κ3) is 6.44. The summed E-state index contributed by atoms with van der Waals surface area (Å²) < 4.78 is 24.2. The van der Waals surface area contributed by atoms with Crippen LogP contribution in [-0.4, -0.2) is 68.4 Å². The van der Waals surface area contributed by atoms with Gasteiger partial charge >= 0.3 is 5.97 Å². The lowest BCUT2D eigenvalue weighted by molar-refractivity contribution is -0.143. The maximum absolute atomic E-state index is 13.6. The normalized spacial score (nSPS) is 15.3. The lowest BCUT2D eigenvalue weighted by Gasteiger charge is -2.33. The molecule has 0 bridgehead atoms. The number of hydrogen-bond acceptors (Lipinski definition) is 7. The van der Waals surface area contributed by atoms with Crippen molar-refractivity contribution in [3.63, 3.8) is 0 Å². The van der Waals surface area contributed by atoms with Crippen LogP contribution in [0.4, 0.5) is 0 Å². The number of carbonyl (C=O) groups is 2. The number of methoxy groups -OCH3 is 2. The fourth-order valence-electron chi connectivity index (χ4n) is 6.04. The Kier molecular flexibility index (Phi) is 9.52. The fraction of sp³-hybridized carbons (Fsp3) is 0.278. The molecule has 8 nitrogen and oxygen atoms in total. The van der Waals surface area contributed by atoms with Crippen LogP contribution in [0.3, 0.4) is 0 Å². The van der Waals surface area contributed by atoms with Gasteiger partial charge in [-0.2, -0.15) is 0 Å². The number of esters is 1. The van der Waals surface area contributed by atoms with E-state index in [1.165, 1.54) is 0 Å². The number of fused-ring (bicyclic) bond motifs is 2. The van der Waals surface area contributed by atoms with E-state index < -0.39 is 0 Å². The van der Waals surface area contributed by atoms with Gasteiger partial charge in [0.2, 0.25) is 0 Å². The molecule has 2 heterocycles. The van der Waals surface area contributed by atoms with Crippen LogP contribution in [0.25, 0.3) is 21.7 Å². The number of rotatable bonds is 9. The number of morpholine rings is 1. The topological polar surface area (TPSA) is 79.2 Å². The standard InChI is InChI=1S/C36H34Cl2N2O6/c1-22-29(30-19-27(43-2)10-12-31(30)40(22)36(42)23-4-8-26(37)9-5-23)20-34(41)46-17-15-39-14-16-45-33(21-39)25-6-11-28-24(18-25)7-13-32(44-3)35(28)38/h4-13,18-19,33H,14-17,20-21H2,1-3H3. The van der Waals surface area contributed by atoms with E-state index in [-0.39, 0.29) is 31.0 Å². The first-order chi connectivity index (χ1) is 22.3. The Hall–Kier alpha value is -4.08. The summed E-state index contributed by atoms with van der Waals surface area (Å²) in [5.74, 6) is 0.702. The maximum Gasteiger partial charge on any atom is 0.310 e. The smallest absolute Gasteiger partial charge is 0.310 e. The average molecular weight is 662 g/mol. The van der Waals surface area contributed by atoms with Crippen molar-refractivity contribution in [3.05, 3.63) is 105 Å². The number of carbonyl (C=O) groups excluding carboxylic acids is 2. The molecule has 0 N–H and O–H groups in total. The van der Waals surface area contributed by atoms with Crippen molar-refractivity contribution in [1.82, 2.24) is 9.47 Å². The second kappa shape index (κ2) is 13.7. The number of ether oxygens (including phenoxy) is 4. The van der Waals surface area contributed by atoms with Crippen molar-refractivity contribution in [2.75, 3.05) is 47.1 Å². The fourth-order valence-corrected chi connectivity index (χ4v) is 6.47. The van der Waals surface area contributed by atoms with Gasteiger partial charge in [-0.3, -0.25) is 19.1 Å². The van der Waals surface area contributed by atoms with Crippen LogP contribution in [0.2, 0.25) is 10.0 Å². The van der Waals surface area contributed by atoms with Crippen LogP contribution in [0.5, 0.6) is 11.5 Å². The number of hydrogen-bond donors (Lipinski definition) is 0. The minimum absolute atomic E-state index is 0.0204. The Balaban J connectivity index is 1.12. The first-order valence-electron chi connectivity index (χ1n) is 15.0. The van der Waals surface area contributed by atoms with Gasteiger partial charge in [-0.1, -0.05) is 41.4 Å². The summed E-state index contributed by atoms with van der Waals surface area (Å²) in [7, 11) is 3.19. The molecule has 1 unspecified atom stereocenters. The van der Waals surface area contributed by atoms with E-state index in [1.807, 2.05) is 43.3 Å². The summed E-state index contributed by atoms with van der Waals surface area (Å²) in [6.45, 7) is 4.64. The lowest BCUT2D eigenvalue weighted by Crippen LogP contribution is -2.40. The summed E-state index contributed by atoms with van der Waals surface area (Å²) in [5, 5.41) is 3.85. The van der Waals surface area contributed by atoms with Crippen LogP contribution in [0.15, 0.2) is 72.8 Å². The zero-order chi connectivity index (χ0) is 32.4. The predicted molar refractivity (Wildman–Crippen MR) is 180 cm³/mol. The Bertz CT molecular complexity index is 1920. The van der Waals surface area contributed by atoms with Gasteiger partial charge in [0.25, 0.3) is 5.91 Å². The van der Waals surface area contributed by atoms with Gasteiger partial charge in [-0.25, -0.2) is 0 Å². The van der Waals surface area contributed by atoms with E-state index >= 15 is 0 Å². The molecule has 1 aliphatic rings. The molecule has 6 rings (SSSR count). The van der Waals surface area contributed by atoms with Crippen molar-refractivity contribution >= 4 is 56.8 Å². The van der Waals surface area contributed by atoms with E-state index in [0.717, 1.165) is 33.8 Å². The van der Waals surface area contributed by atoms with E-state index in [9.17, 15) is 9.59 Å². The van der Waals surface area contributed by atoms with Crippen LogP contribution >= 0.6 is 23.2 Å². The molecular weight excluding hydrogens is 627 g/mol. The number of halogens is 2.